The zero-order chi connectivity index (χ0) is 22.7. The number of benzene rings is 3. The molecule has 1 heterocycles. The van der Waals surface area contributed by atoms with Gasteiger partial charge in [-0.1, -0.05) is 30.3 Å². The van der Waals surface area contributed by atoms with Gasteiger partial charge in [0.25, 0.3) is 0 Å². The molecule has 0 fully saturated rings. The molecule has 3 aromatic carbocycles. The maximum Gasteiger partial charge on any atom is 0.337 e. The number of fused-ring (bicyclic) bond motifs is 1. The molecule has 0 atom stereocenters. The van der Waals surface area contributed by atoms with Crippen molar-refractivity contribution in [3.63, 3.8) is 0 Å². The number of nitrogens with two attached hydrogens (primary N) is 1. The fraction of sp³-hybridized carbons (Fsp3) is 0.231. The van der Waals surface area contributed by atoms with Gasteiger partial charge in [-0.25, -0.2) is 4.79 Å². The van der Waals surface area contributed by atoms with Crippen LogP contribution in [0, 0.1) is 0 Å². The Morgan fingerprint density at radius 2 is 1.81 bits per heavy atom. The zero-order valence-corrected chi connectivity index (χ0v) is 18.5. The van der Waals surface area contributed by atoms with Gasteiger partial charge in [0.15, 0.2) is 0 Å². The average molecular weight is 430 g/mol. The predicted octanol–water partition coefficient (Wildman–Crippen LogP) is 5.11. The van der Waals surface area contributed by atoms with E-state index in [4.69, 9.17) is 20.3 Å². The van der Waals surface area contributed by atoms with E-state index in [1.807, 2.05) is 22.9 Å². The molecule has 6 heteroatoms. The molecular weight excluding hydrogens is 402 g/mol. The quantitative estimate of drug-likeness (QED) is 0.413. The molecule has 0 amide bonds. The van der Waals surface area contributed by atoms with Gasteiger partial charge in [0.2, 0.25) is 0 Å². The minimum absolute atomic E-state index is 0.209. The third-order valence-electron chi connectivity index (χ3n) is 5.40. The van der Waals surface area contributed by atoms with Crippen molar-refractivity contribution in [2.75, 3.05) is 7.11 Å². The van der Waals surface area contributed by atoms with E-state index in [-0.39, 0.29) is 12.6 Å². The molecule has 1 aromatic heterocycles. The summed E-state index contributed by atoms with van der Waals surface area (Å²) in [6.07, 6.45) is 0. The number of hydrogen-bond donors (Lipinski definition) is 1. The van der Waals surface area contributed by atoms with E-state index in [2.05, 4.69) is 44.2 Å². The minimum Gasteiger partial charge on any atom is -0.487 e. The number of methoxy groups -OCH3 is 1. The van der Waals surface area contributed by atoms with Crippen molar-refractivity contribution >= 4 is 16.9 Å². The van der Waals surface area contributed by atoms with Gasteiger partial charge in [-0.15, -0.1) is 0 Å². The van der Waals surface area contributed by atoms with Gasteiger partial charge in [0.05, 0.1) is 18.2 Å². The van der Waals surface area contributed by atoms with Gasteiger partial charge < -0.3 is 15.2 Å². The molecule has 32 heavy (non-hydrogen) atoms. The summed E-state index contributed by atoms with van der Waals surface area (Å²) in [5.41, 5.74) is 11.5. The van der Waals surface area contributed by atoms with Crippen LogP contribution < -0.4 is 10.5 Å². The standard InChI is InChI=1S/C26H27N3O3/c1-17(2)29-25-11-10-20(19-7-4-6-18(12-19)15-27)14-23(25)24(28-29)16-32-22-9-5-8-21(13-22)26(30)31-3/h4-14,17H,15-16,27H2,1-3H3. The summed E-state index contributed by atoms with van der Waals surface area (Å²) in [5, 5.41) is 5.87. The van der Waals surface area contributed by atoms with Gasteiger partial charge >= 0.3 is 5.97 Å². The summed E-state index contributed by atoms with van der Waals surface area (Å²) in [7, 11) is 1.36. The number of esters is 1. The summed E-state index contributed by atoms with van der Waals surface area (Å²) in [5.74, 6) is 0.196. The maximum atomic E-state index is 11.8. The zero-order valence-electron chi connectivity index (χ0n) is 18.5. The second-order valence-corrected chi connectivity index (χ2v) is 7.93. The largest absolute Gasteiger partial charge is 0.487 e. The van der Waals surface area contributed by atoms with Crippen molar-refractivity contribution in [2.45, 2.75) is 33.0 Å². The topological polar surface area (TPSA) is 79.4 Å². The van der Waals surface area contributed by atoms with Crippen molar-refractivity contribution in [1.82, 2.24) is 9.78 Å². The van der Waals surface area contributed by atoms with Gasteiger partial charge in [-0.2, -0.15) is 5.10 Å². The first-order valence-electron chi connectivity index (χ1n) is 10.6. The molecule has 0 saturated heterocycles. The lowest BCUT2D eigenvalue weighted by Crippen LogP contribution is -2.05. The lowest BCUT2D eigenvalue weighted by atomic mass is 10.0. The Kier molecular flexibility index (Phi) is 6.23. The lowest BCUT2D eigenvalue weighted by molar-refractivity contribution is 0.0600. The summed E-state index contributed by atoms with van der Waals surface area (Å²) in [4.78, 5) is 11.8. The van der Waals surface area contributed by atoms with Crippen LogP contribution in [0.1, 0.15) is 41.5 Å². The highest BCUT2D eigenvalue weighted by molar-refractivity contribution is 5.90. The fourth-order valence-corrected chi connectivity index (χ4v) is 3.74. The van der Waals surface area contributed by atoms with Crippen molar-refractivity contribution in [1.29, 1.82) is 0 Å². The highest BCUT2D eigenvalue weighted by Crippen LogP contribution is 2.29. The summed E-state index contributed by atoms with van der Waals surface area (Å²) in [6, 6.07) is 21.8. The van der Waals surface area contributed by atoms with Crippen LogP contribution in [0.25, 0.3) is 22.0 Å². The van der Waals surface area contributed by atoms with E-state index in [0.29, 0.717) is 17.9 Å². The van der Waals surface area contributed by atoms with Crippen LogP contribution >= 0.6 is 0 Å². The summed E-state index contributed by atoms with van der Waals surface area (Å²) < 4.78 is 12.8. The molecule has 0 bridgehead atoms. The molecular formula is C26H27N3O3. The summed E-state index contributed by atoms with van der Waals surface area (Å²) in [6.45, 7) is 5.00. The highest BCUT2D eigenvalue weighted by Gasteiger charge is 2.15. The number of aromatic nitrogens is 2. The molecule has 0 aliphatic rings. The van der Waals surface area contributed by atoms with E-state index in [1.165, 1.54) is 7.11 Å². The Labute approximate surface area is 187 Å². The third kappa shape index (κ3) is 4.36. The van der Waals surface area contributed by atoms with E-state index in [0.717, 1.165) is 33.3 Å². The molecule has 2 N–H and O–H groups in total. The third-order valence-corrected chi connectivity index (χ3v) is 5.40. The van der Waals surface area contributed by atoms with Crippen LogP contribution in [0.15, 0.2) is 66.7 Å². The first-order chi connectivity index (χ1) is 15.5. The van der Waals surface area contributed by atoms with Crippen LogP contribution in [-0.4, -0.2) is 22.9 Å². The fourth-order valence-electron chi connectivity index (χ4n) is 3.74. The average Bonchev–Trinajstić information content (AvgIpc) is 3.20. The molecule has 0 aliphatic heterocycles. The Morgan fingerprint density at radius 3 is 2.56 bits per heavy atom. The monoisotopic (exact) mass is 429 g/mol. The normalized spacial score (nSPS) is 11.2. The van der Waals surface area contributed by atoms with Gasteiger partial charge in [-0.05, 0) is 66.9 Å². The minimum atomic E-state index is -0.394. The Balaban J connectivity index is 1.69. The number of ether oxygens (including phenoxy) is 2. The molecule has 4 aromatic rings. The van der Waals surface area contributed by atoms with Crippen LogP contribution in [-0.2, 0) is 17.9 Å². The van der Waals surface area contributed by atoms with Crippen molar-refractivity contribution in [2.24, 2.45) is 5.73 Å². The first kappa shape index (κ1) is 21.6. The molecule has 6 nitrogen and oxygen atoms in total. The highest BCUT2D eigenvalue weighted by atomic mass is 16.5. The second kappa shape index (κ2) is 9.24. The van der Waals surface area contributed by atoms with E-state index in [1.54, 1.807) is 18.2 Å². The maximum absolute atomic E-state index is 11.8. The number of carbonyl (C=O) groups is 1. The van der Waals surface area contributed by atoms with Crippen LogP contribution in [0.4, 0.5) is 0 Å². The van der Waals surface area contributed by atoms with Gasteiger partial charge in [0, 0.05) is 18.0 Å². The molecule has 164 valence electrons. The Hall–Kier alpha value is -3.64. The molecule has 0 saturated carbocycles. The van der Waals surface area contributed by atoms with E-state index < -0.39 is 5.97 Å². The number of nitrogens with zero attached hydrogens (tertiary/aromatic N) is 2. The number of hydrogen-bond acceptors (Lipinski definition) is 5. The second-order valence-electron chi connectivity index (χ2n) is 7.93. The first-order valence-corrected chi connectivity index (χ1v) is 10.6. The molecule has 0 radical (unpaired) electrons. The van der Waals surface area contributed by atoms with Crippen LogP contribution in [0.3, 0.4) is 0 Å². The van der Waals surface area contributed by atoms with Crippen LogP contribution in [0.5, 0.6) is 5.75 Å². The van der Waals surface area contributed by atoms with E-state index >= 15 is 0 Å². The van der Waals surface area contributed by atoms with Crippen LogP contribution in [0.2, 0.25) is 0 Å². The van der Waals surface area contributed by atoms with Crippen molar-refractivity contribution < 1.29 is 14.3 Å². The Bertz CT molecular complexity index is 1260. The summed E-state index contributed by atoms with van der Waals surface area (Å²) >= 11 is 0. The van der Waals surface area contributed by atoms with Gasteiger partial charge in [-0.3, -0.25) is 4.68 Å². The number of carbonyl (C=O) groups excluding carboxylic acids is 1. The smallest absolute Gasteiger partial charge is 0.337 e. The predicted molar refractivity (Wildman–Crippen MR) is 126 cm³/mol. The molecule has 4 rings (SSSR count). The van der Waals surface area contributed by atoms with Crippen molar-refractivity contribution in [3.05, 3.63) is 83.6 Å². The van der Waals surface area contributed by atoms with Crippen molar-refractivity contribution in [3.8, 4) is 16.9 Å². The molecule has 0 unspecified atom stereocenters. The van der Waals surface area contributed by atoms with Gasteiger partial charge in [0.1, 0.15) is 18.1 Å². The SMILES string of the molecule is COC(=O)c1cccc(OCc2nn(C(C)C)c3ccc(-c4cccc(CN)c4)cc23)c1. The molecule has 0 spiro atoms. The lowest BCUT2D eigenvalue weighted by Gasteiger charge is -2.08. The Morgan fingerprint density at radius 1 is 1.03 bits per heavy atom. The van der Waals surface area contributed by atoms with E-state index in [9.17, 15) is 4.79 Å². The number of rotatable bonds is 7. The molecule has 0 aliphatic carbocycles.